The van der Waals surface area contributed by atoms with Gasteiger partial charge in [0.2, 0.25) is 0 Å². The second kappa shape index (κ2) is 4.41. The van der Waals surface area contributed by atoms with Crippen LogP contribution in [0.25, 0.3) is 0 Å². The lowest BCUT2D eigenvalue weighted by Crippen LogP contribution is -1.93. The Morgan fingerprint density at radius 1 is 1.42 bits per heavy atom. The molecule has 0 atom stereocenters. The van der Waals surface area contributed by atoms with Crippen LogP contribution in [0.4, 0.5) is 0 Å². The molecule has 1 nitrogen and oxygen atoms in total. The summed E-state index contributed by atoms with van der Waals surface area (Å²) in [6.45, 7) is 4.83. The van der Waals surface area contributed by atoms with Crippen LogP contribution in [-0.4, -0.2) is 12.9 Å². The van der Waals surface area contributed by atoms with E-state index in [0.717, 1.165) is 12.4 Å². The molecule has 12 heavy (non-hydrogen) atoms. The average molecular weight is 182 g/mol. The Labute approximate surface area is 78.1 Å². The number of rotatable bonds is 3. The van der Waals surface area contributed by atoms with Crippen LogP contribution < -0.4 is 4.74 Å². The largest absolute Gasteiger partial charge is 0.493 e. The molecule has 0 N–H and O–H groups in total. The summed E-state index contributed by atoms with van der Waals surface area (Å²) in [5, 5.41) is 0. The predicted octanol–water partition coefficient (Wildman–Crippen LogP) is 3.12. The van der Waals surface area contributed by atoms with Gasteiger partial charge in [0.15, 0.2) is 0 Å². The Bertz CT molecular complexity index is 258. The third-order valence-corrected chi connectivity index (χ3v) is 2.38. The van der Waals surface area contributed by atoms with Crippen LogP contribution in [0.3, 0.4) is 0 Å². The highest BCUT2D eigenvalue weighted by Gasteiger charge is 2.00. The van der Waals surface area contributed by atoms with E-state index >= 15 is 0 Å². The van der Waals surface area contributed by atoms with Crippen molar-refractivity contribution >= 4 is 11.8 Å². The standard InChI is InChI=1S/C10H14OS/c1-4-11-9-6-5-8(2)7-10(9)12-3/h5-7H,4H2,1-3H3. The number of aryl methyl sites for hydroxylation is 1. The minimum atomic E-state index is 0.733. The van der Waals surface area contributed by atoms with Gasteiger partial charge in [-0.15, -0.1) is 11.8 Å². The molecule has 0 fully saturated rings. The third-order valence-electron chi connectivity index (χ3n) is 1.62. The molecule has 1 rings (SSSR count). The maximum absolute atomic E-state index is 5.46. The Balaban J connectivity index is 2.94. The van der Waals surface area contributed by atoms with Crippen LogP contribution in [0.15, 0.2) is 23.1 Å². The number of hydrogen-bond donors (Lipinski definition) is 0. The minimum absolute atomic E-state index is 0.733. The average Bonchev–Trinajstić information content (AvgIpc) is 2.08. The van der Waals surface area contributed by atoms with Gasteiger partial charge < -0.3 is 4.74 Å². The summed E-state index contributed by atoms with van der Waals surface area (Å²) < 4.78 is 5.46. The lowest BCUT2D eigenvalue weighted by molar-refractivity contribution is 0.332. The zero-order valence-electron chi connectivity index (χ0n) is 7.76. The van der Waals surface area contributed by atoms with Gasteiger partial charge in [0.05, 0.1) is 6.61 Å². The number of hydrogen-bond acceptors (Lipinski definition) is 2. The lowest BCUT2D eigenvalue weighted by atomic mass is 10.2. The van der Waals surface area contributed by atoms with Crippen molar-refractivity contribution < 1.29 is 4.74 Å². The van der Waals surface area contributed by atoms with E-state index in [-0.39, 0.29) is 0 Å². The van der Waals surface area contributed by atoms with Crippen molar-refractivity contribution in [2.75, 3.05) is 12.9 Å². The SMILES string of the molecule is CCOc1ccc(C)cc1SC. The van der Waals surface area contributed by atoms with E-state index in [1.165, 1.54) is 10.5 Å². The molecule has 0 radical (unpaired) electrons. The second-order valence-corrected chi connectivity index (χ2v) is 3.44. The summed E-state index contributed by atoms with van der Waals surface area (Å²) in [7, 11) is 0. The zero-order chi connectivity index (χ0) is 8.97. The molecule has 0 spiro atoms. The summed E-state index contributed by atoms with van der Waals surface area (Å²) in [6, 6.07) is 6.26. The topological polar surface area (TPSA) is 9.23 Å². The Morgan fingerprint density at radius 3 is 2.75 bits per heavy atom. The maximum atomic E-state index is 5.46. The van der Waals surface area contributed by atoms with Gasteiger partial charge in [0.25, 0.3) is 0 Å². The second-order valence-electron chi connectivity index (χ2n) is 2.59. The van der Waals surface area contributed by atoms with E-state index in [2.05, 4.69) is 25.3 Å². The van der Waals surface area contributed by atoms with E-state index in [1.807, 2.05) is 13.0 Å². The first kappa shape index (κ1) is 9.46. The highest BCUT2D eigenvalue weighted by atomic mass is 32.2. The normalized spacial score (nSPS) is 9.92. The quantitative estimate of drug-likeness (QED) is 0.664. The summed E-state index contributed by atoms with van der Waals surface area (Å²) in [5.41, 5.74) is 1.28. The molecule has 1 aromatic carbocycles. The fourth-order valence-corrected chi connectivity index (χ4v) is 1.68. The van der Waals surface area contributed by atoms with Gasteiger partial charge in [-0.25, -0.2) is 0 Å². The molecule has 1 aromatic rings. The predicted molar refractivity (Wildman–Crippen MR) is 54.1 cm³/mol. The van der Waals surface area contributed by atoms with Crippen molar-refractivity contribution in [2.45, 2.75) is 18.7 Å². The summed E-state index contributed by atoms with van der Waals surface area (Å²) >= 11 is 1.72. The fourth-order valence-electron chi connectivity index (χ4n) is 1.05. The molecular formula is C10H14OS. The molecule has 0 aromatic heterocycles. The van der Waals surface area contributed by atoms with Gasteiger partial charge in [-0.1, -0.05) is 6.07 Å². The molecule has 0 amide bonds. The molecule has 0 saturated heterocycles. The molecular weight excluding hydrogens is 168 g/mol. The molecule has 0 bridgehead atoms. The Kier molecular flexibility index (Phi) is 3.48. The third kappa shape index (κ3) is 2.18. The Morgan fingerprint density at radius 2 is 2.17 bits per heavy atom. The molecule has 0 heterocycles. The fraction of sp³-hybridized carbons (Fsp3) is 0.400. The van der Waals surface area contributed by atoms with Crippen LogP contribution in [0.2, 0.25) is 0 Å². The summed E-state index contributed by atoms with van der Waals surface area (Å²) in [6.07, 6.45) is 2.07. The van der Waals surface area contributed by atoms with E-state index in [4.69, 9.17) is 4.74 Å². The molecule has 0 saturated carbocycles. The van der Waals surface area contributed by atoms with E-state index in [1.54, 1.807) is 11.8 Å². The molecule has 0 unspecified atom stereocenters. The van der Waals surface area contributed by atoms with Crippen LogP contribution in [0, 0.1) is 6.92 Å². The van der Waals surface area contributed by atoms with Crippen LogP contribution >= 0.6 is 11.8 Å². The molecule has 2 heteroatoms. The number of thioether (sulfide) groups is 1. The van der Waals surface area contributed by atoms with Crippen molar-refractivity contribution in [3.8, 4) is 5.75 Å². The first-order valence-corrected chi connectivity index (χ1v) is 5.28. The molecule has 0 aliphatic heterocycles. The van der Waals surface area contributed by atoms with Crippen LogP contribution in [0.1, 0.15) is 12.5 Å². The van der Waals surface area contributed by atoms with Crippen molar-refractivity contribution in [3.63, 3.8) is 0 Å². The van der Waals surface area contributed by atoms with E-state index < -0.39 is 0 Å². The highest BCUT2D eigenvalue weighted by molar-refractivity contribution is 7.98. The Hall–Kier alpha value is -0.630. The van der Waals surface area contributed by atoms with Crippen molar-refractivity contribution in [2.24, 2.45) is 0 Å². The monoisotopic (exact) mass is 182 g/mol. The first-order chi connectivity index (χ1) is 5.77. The van der Waals surface area contributed by atoms with Crippen molar-refractivity contribution in [3.05, 3.63) is 23.8 Å². The van der Waals surface area contributed by atoms with Crippen molar-refractivity contribution in [1.82, 2.24) is 0 Å². The molecule has 0 aliphatic carbocycles. The maximum Gasteiger partial charge on any atom is 0.132 e. The molecule has 0 aliphatic rings. The number of ether oxygens (including phenoxy) is 1. The first-order valence-electron chi connectivity index (χ1n) is 4.05. The summed E-state index contributed by atoms with van der Waals surface area (Å²) in [5.74, 6) is 0.996. The smallest absolute Gasteiger partial charge is 0.132 e. The van der Waals surface area contributed by atoms with E-state index in [0.29, 0.717) is 0 Å². The van der Waals surface area contributed by atoms with E-state index in [9.17, 15) is 0 Å². The van der Waals surface area contributed by atoms with Gasteiger partial charge in [-0.3, -0.25) is 0 Å². The van der Waals surface area contributed by atoms with Gasteiger partial charge >= 0.3 is 0 Å². The molecule has 66 valence electrons. The van der Waals surface area contributed by atoms with Gasteiger partial charge in [-0.05, 0) is 37.8 Å². The van der Waals surface area contributed by atoms with Crippen LogP contribution in [-0.2, 0) is 0 Å². The van der Waals surface area contributed by atoms with Gasteiger partial charge in [0, 0.05) is 4.90 Å². The zero-order valence-corrected chi connectivity index (χ0v) is 8.57. The summed E-state index contributed by atoms with van der Waals surface area (Å²) in [4.78, 5) is 1.22. The van der Waals surface area contributed by atoms with Gasteiger partial charge in [0.1, 0.15) is 5.75 Å². The highest BCUT2D eigenvalue weighted by Crippen LogP contribution is 2.28. The number of benzene rings is 1. The minimum Gasteiger partial charge on any atom is -0.493 e. The lowest BCUT2D eigenvalue weighted by Gasteiger charge is -2.08. The van der Waals surface area contributed by atoms with Crippen LogP contribution in [0.5, 0.6) is 5.75 Å². The van der Waals surface area contributed by atoms with Crippen molar-refractivity contribution in [1.29, 1.82) is 0 Å². The van der Waals surface area contributed by atoms with Gasteiger partial charge in [-0.2, -0.15) is 0 Å².